The van der Waals surface area contributed by atoms with E-state index in [4.69, 9.17) is 11.6 Å². The molecule has 3 aliphatic rings. The summed E-state index contributed by atoms with van der Waals surface area (Å²) in [5.74, 6) is -0.0627. The second kappa shape index (κ2) is 9.40. The lowest BCUT2D eigenvalue weighted by Gasteiger charge is -2.29. The average molecular weight is 535 g/mol. The van der Waals surface area contributed by atoms with E-state index >= 15 is 0 Å². The highest BCUT2D eigenvalue weighted by Gasteiger charge is 2.42. The van der Waals surface area contributed by atoms with Gasteiger partial charge in [0.15, 0.2) is 5.13 Å². The first kappa shape index (κ1) is 24.0. The van der Waals surface area contributed by atoms with E-state index in [9.17, 15) is 17.6 Å². The van der Waals surface area contributed by atoms with Crippen LogP contribution >= 0.6 is 22.9 Å². The van der Waals surface area contributed by atoms with Crippen molar-refractivity contribution in [3.8, 4) is 0 Å². The minimum absolute atomic E-state index is 0.0627. The van der Waals surface area contributed by atoms with E-state index in [0.717, 1.165) is 11.3 Å². The number of halogens is 2. The Balaban J connectivity index is 1.34. The first-order chi connectivity index (χ1) is 16.8. The van der Waals surface area contributed by atoms with Crippen LogP contribution in [0.25, 0.3) is 0 Å². The molecule has 1 amide bonds. The molecule has 0 spiro atoms. The molecule has 0 bridgehead atoms. The molecule has 1 aliphatic carbocycles. The number of nitrogens with zero attached hydrogens (tertiary/aromatic N) is 4. The van der Waals surface area contributed by atoms with Crippen LogP contribution in [0, 0.1) is 0 Å². The lowest BCUT2D eigenvalue weighted by molar-refractivity contribution is -0.120. The molecule has 11 heteroatoms. The summed E-state index contributed by atoms with van der Waals surface area (Å²) in [5, 5.41) is 1.39. The first-order valence-electron chi connectivity index (χ1n) is 11.2. The fraction of sp³-hybridized carbons (Fsp3) is 0.333. The van der Waals surface area contributed by atoms with Gasteiger partial charge < -0.3 is 9.80 Å². The third kappa shape index (κ3) is 4.17. The van der Waals surface area contributed by atoms with E-state index in [2.05, 4.69) is 11.6 Å². The number of carbonyl (C=O) groups excluding carboxylic acids is 1. The predicted molar refractivity (Wildman–Crippen MR) is 136 cm³/mol. The molecule has 2 aliphatic heterocycles. The van der Waals surface area contributed by atoms with Crippen LogP contribution in [0.3, 0.4) is 0 Å². The summed E-state index contributed by atoms with van der Waals surface area (Å²) in [5.41, 5.74) is 2.34. The Kier molecular flexibility index (Phi) is 6.45. The van der Waals surface area contributed by atoms with E-state index < -0.39 is 21.6 Å². The molecule has 184 valence electrons. The molecule has 0 N–H and O–H groups in total. The molecule has 2 aromatic rings. The third-order valence-electron chi connectivity index (χ3n) is 6.53. The number of amides is 1. The zero-order valence-corrected chi connectivity index (χ0v) is 21.1. The van der Waals surface area contributed by atoms with E-state index in [1.54, 1.807) is 34.7 Å². The van der Waals surface area contributed by atoms with Crippen LogP contribution in [0.1, 0.15) is 12.8 Å². The van der Waals surface area contributed by atoms with Gasteiger partial charge in [0.2, 0.25) is 5.91 Å². The number of alkyl halides is 2. The molecule has 3 heterocycles. The molecule has 3 atom stereocenters. The summed E-state index contributed by atoms with van der Waals surface area (Å²) in [6, 6.07) is 5.96. The minimum Gasteiger partial charge on any atom is -0.359 e. The lowest BCUT2D eigenvalue weighted by Crippen LogP contribution is -2.40. The van der Waals surface area contributed by atoms with Crippen LogP contribution in [0.5, 0.6) is 0 Å². The summed E-state index contributed by atoms with van der Waals surface area (Å²) < 4.78 is 41.6. The van der Waals surface area contributed by atoms with E-state index in [-0.39, 0.29) is 23.4 Å². The zero-order valence-electron chi connectivity index (χ0n) is 18.8. The maximum absolute atomic E-state index is 14.0. The number of hydrogen-bond donors (Lipinski definition) is 0. The second-order valence-corrected chi connectivity index (χ2v) is 11.7. The summed E-state index contributed by atoms with van der Waals surface area (Å²) in [6.07, 6.45) is 6.30. The van der Waals surface area contributed by atoms with Crippen molar-refractivity contribution >= 4 is 49.7 Å². The molecule has 0 saturated carbocycles. The van der Waals surface area contributed by atoms with Crippen LogP contribution in [0.4, 0.5) is 15.2 Å². The van der Waals surface area contributed by atoms with Crippen LogP contribution in [-0.4, -0.2) is 61.4 Å². The maximum atomic E-state index is 14.0. The van der Waals surface area contributed by atoms with Crippen molar-refractivity contribution in [1.82, 2.24) is 9.88 Å². The number of thiazole rings is 1. The molecule has 0 radical (unpaired) electrons. The maximum Gasteiger partial charge on any atom is 0.266 e. The predicted octanol–water partition coefficient (Wildman–Crippen LogP) is 4.10. The molecular weight excluding hydrogens is 511 g/mol. The normalized spacial score (nSPS) is 24.3. The summed E-state index contributed by atoms with van der Waals surface area (Å²) in [7, 11) is -3.85. The Morgan fingerprint density at radius 3 is 2.74 bits per heavy atom. The third-order valence-corrected chi connectivity index (χ3v) is 9.71. The highest BCUT2D eigenvalue weighted by Crippen LogP contribution is 2.39. The van der Waals surface area contributed by atoms with E-state index in [1.165, 1.54) is 39.9 Å². The molecule has 2 unspecified atom stereocenters. The van der Waals surface area contributed by atoms with Crippen LogP contribution in [-0.2, 0) is 14.8 Å². The lowest BCUT2D eigenvalue weighted by atomic mass is 10.00. The van der Waals surface area contributed by atoms with Gasteiger partial charge in [-0.15, -0.1) is 29.5 Å². The van der Waals surface area contributed by atoms with Crippen molar-refractivity contribution in [2.45, 2.75) is 35.3 Å². The van der Waals surface area contributed by atoms with Gasteiger partial charge in [0.1, 0.15) is 12.2 Å². The quantitative estimate of drug-likeness (QED) is 0.395. The Labute approximate surface area is 212 Å². The topological polar surface area (TPSA) is 73.8 Å². The molecular formula is C24H24ClFN4O3S2. The first-order valence-corrected chi connectivity index (χ1v) is 14.0. The van der Waals surface area contributed by atoms with Gasteiger partial charge in [0.05, 0.1) is 16.8 Å². The van der Waals surface area contributed by atoms with E-state index in [0.29, 0.717) is 36.8 Å². The van der Waals surface area contributed by atoms with Gasteiger partial charge in [-0.05, 0) is 54.8 Å². The Morgan fingerprint density at radius 1 is 1.29 bits per heavy atom. The Hall–Kier alpha value is -2.69. The van der Waals surface area contributed by atoms with Crippen molar-refractivity contribution in [3.05, 3.63) is 71.9 Å². The van der Waals surface area contributed by atoms with Crippen LogP contribution < -0.4 is 9.21 Å². The molecule has 1 saturated heterocycles. The average Bonchev–Trinajstić information content (AvgIpc) is 3.60. The van der Waals surface area contributed by atoms with Gasteiger partial charge >= 0.3 is 0 Å². The van der Waals surface area contributed by atoms with Gasteiger partial charge in [0.25, 0.3) is 10.0 Å². The van der Waals surface area contributed by atoms with Crippen LogP contribution in [0.15, 0.2) is 76.8 Å². The smallest absolute Gasteiger partial charge is 0.266 e. The SMILES string of the molecule is C=CCN(c1nccs1)S(=O)(=O)c1ccc(N2CC[C@H](N3CCC4=C3C=CC(F)C4Cl)C2=O)cc1. The van der Waals surface area contributed by atoms with Gasteiger partial charge in [-0.25, -0.2) is 22.1 Å². The number of benzene rings is 1. The standard InChI is InChI=1S/C24H24ClFN4O3S2/c1-2-12-30(24-27-11-15-34-24)35(32,33)17-5-3-16(4-6-17)28-14-10-21(23(28)31)29-13-9-18-20(29)8-7-19(26)22(18)25/h2-8,11,15,19,21-22H,1,9-10,12-14H2/t19?,21-,22?/m0/s1. The van der Waals surface area contributed by atoms with Gasteiger partial charge in [-0.1, -0.05) is 6.08 Å². The monoisotopic (exact) mass is 534 g/mol. The number of anilines is 2. The van der Waals surface area contributed by atoms with E-state index in [1.807, 2.05) is 4.90 Å². The number of rotatable bonds is 7. The Bertz CT molecular complexity index is 1290. The van der Waals surface area contributed by atoms with Crippen LogP contribution in [0.2, 0.25) is 0 Å². The second-order valence-electron chi connectivity index (χ2n) is 8.49. The minimum atomic E-state index is -3.85. The van der Waals surface area contributed by atoms with Crippen molar-refractivity contribution in [1.29, 1.82) is 0 Å². The number of carbonyl (C=O) groups is 1. The summed E-state index contributed by atoms with van der Waals surface area (Å²) in [6.45, 7) is 4.89. The summed E-state index contributed by atoms with van der Waals surface area (Å²) >= 11 is 7.49. The van der Waals surface area contributed by atoms with Gasteiger partial charge in [-0.3, -0.25) is 4.79 Å². The fourth-order valence-corrected chi connectivity index (χ4v) is 7.40. The molecule has 1 aromatic heterocycles. The number of aromatic nitrogens is 1. The number of sulfonamides is 1. The largest absolute Gasteiger partial charge is 0.359 e. The fourth-order valence-electron chi connectivity index (χ4n) is 4.82. The van der Waals surface area contributed by atoms with Crippen molar-refractivity contribution < 1.29 is 17.6 Å². The highest BCUT2D eigenvalue weighted by molar-refractivity contribution is 7.93. The number of hydrogen-bond acceptors (Lipinski definition) is 6. The zero-order chi connectivity index (χ0) is 24.7. The van der Waals surface area contributed by atoms with Crippen molar-refractivity contribution in [2.75, 3.05) is 28.8 Å². The molecule has 35 heavy (non-hydrogen) atoms. The number of allylic oxidation sites excluding steroid dienone is 2. The highest BCUT2D eigenvalue weighted by atomic mass is 35.5. The molecule has 1 aromatic carbocycles. The summed E-state index contributed by atoms with van der Waals surface area (Å²) in [4.78, 5) is 21.3. The van der Waals surface area contributed by atoms with Gasteiger partial charge in [0, 0.05) is 36.1 Å². The molecule has 7 nitrogen and oxygen atoms in total. The molecule has 1 fully saturated rings. The van der Waals surface area contributed by atoms with Crippen molar-refractivity contribution in [3.63, 3.8) is 0 Å². The molecule has 5 rings (SSSR count). The Morgan fingerprint density at radius 2 is 2.06 bits per heavy atom. The van der Waals surface area contributed by atoms with Gasteiger partial charge in [-0.2, -0.15) is 0 Å². The van der Waals surface area contributed by atoms with Crippen molar-refractivity contribution in [2.24, 2.45) is 0 Å².